The number of hydrogen-bond donors (Lipinski definition) is 3. The number of rotatable bonds is 2. The first-order valence-corrected chi connectivity index (χ1v) is 4.24. The smallest absolute Gasteiger partial charge is 0.328 e. The van der Waals surface area contributed by atoms with Crippen LogP contribution in [0.4, 0.5) is 0 Å². The first-order chi connectivity index (χ1) is 7.16. The van der Waals surface area contributed by atoms with Gasteiger partial charge in [0, 0.05) is 6.08 Å². The van der Waals surface area contributed by atoms with Crippen LogP contribution in [0.1, 0.15) is 5.56 Å². The minimum Gasteiger partial charge on any atom is -0.506 e. The summed E-state index contributed by atoms with van der Waals surface area (Å²) < 4.78 is 0. The lowest BCUT2D eigenvalue weighted by Crippen LogP contribution is -1.85. The highest BCUT2D eigenvalue weighted by Gasteiger charge is 2.03. The normalized spacial score (nSPS) is 11.2. The molecule has 0 aliphatic heterocycles. The Balaban J connectivity index is 2.49. The fourth-order valence-corrected chi connectivity index (χ4v) is 1.32. The molecule has 0 atom stereocenters. The number of H-pyrrole nitrogens is 1. The maximum Gasteiger partial charge on any atom is 0.328 e. The number of aromatic amines is 1. The Labute approximate surface area is 84.7 Å². The van der Waals surface area contributed by atoms with E-state index in [2.05, 4.69) is 9.97 Å². The molecule has 3 N–H and O–H groups in total. The summed E-state index contributed by atoms with van der Waals surface area (Å²) in [5.74, 6) is -1.00. The molecule has 0 saturated carbocycles. The van der Waals surface area contributed by atoms with Gasteiger partial charge < -0.3 is 15.2 Å². The Kier molecular flexibility index (Phi) is 2.13. The second-order valence-corrected chi connectivity index (χ2v) is 3.01. The van der Waals surface area contributed by atoms with Gasteiger partial charge in [-0.15, -0.1) is 0 Å². The molecule has 2 aromatic rings. The topological polar surface area (TPSA) is 86.2 Å². The molecular formula is C10H8N2O3. The molecular weight excluding hydrogens is 196 g/mol. The van der Waals surface area contributed by atoms with E-state index in [9.17, 15) is 9.90 Å². The molecule has 0 saturated heterocycles. The summed E-state index contributed by atoms with van der Waals surface area (Å²) in [6.07, 6.45) is 3.88. The highest BCUT2D eigenvalue weighted by Crippen LogP contribution is 2.23. The maximum atomic E-state index is 10.3. The summed E-state index contributed by atoms with van der Waals surface area (Å²) in [5.41, 5.74) is 1.74. The number of aromatic nitrogens is 2. The lowest BCUT2D eigenvalue weighted by molar-refractivity contribution is -0.131. The van der Waals surface area contributed by atoms with Gasteiger partial charge in [-0.2, -0.15) is 0 Å². The van der Waals surface area contributed by atoms with Crippen LogP contribution in [0.15, 0.2) is 24.5 Å². The third kappa shape index (κ3) is 1.80. The number of aromatic hydroxyl groups is 1. The Morgan fingerprint density at radius 1 is 1.47 bits per heavy atom. The van der Waals surface area contributed by atoms with Crippen molar-refractivity contribution in [2.24, 2.45) is 0 Å². The van der Waals surface area contributed by atoms with Gasteiger partial charge in [0.05, 0.1) is 11.8 Å². The quantitative estimate of drug-likeness (QED) is 0.645. The van der Waals surface area contributed by atoms with Gasteiger partial charge >= 0.3 is 5.97 Å². The molecule has 0 aliphatic rings. The lowest BCUT2D eigenvalue weighted by Gasteiger charge is -1.96. The molecule has 0 fully saturated rings. The van der Waals surface area contributed by atoms with Crippen molar-refractivity contribution >= 4 is 23.1 Å². The molecule has 1 aromatic heterocycles. The number of hydrogen-bond acceptors (Lipinski definition) is 3. The van der Waals surface area contributed by atoms with Crippen molar-refractivity contribution in [1.29, 1.82) is 0 Å². The number of fused-ring (bicyclic) bond motifs is 1. The van der Waals surface area contributed by atoms with Crippen LogP contribution in [0.25, 0.3) is 17.1 Å². The Morgan fingerprint density at radius 3 is 3.00 bits per heavy atom. The highest BCUT2D eigenvalue weighted by atomic mass is 16.4. The lowest BCUT2D eigenvalue weighted by atomic mass is 10.1. The van der Waals surface area contributed by atoms with E-state index in [1.165, 1.54) is 18.5 Å². The zero-order chi connectivity index (χ0) is 10.8. The number of carboxylic acids is 1. The molecule has 0 bridgehead atoms. The van der Waals surface area contributed by atoms with E-state index in [-0.39, 0.29) is 5.75 Å². The minimum atomic E-state index is -1.03. The molecule has 0 unspecified atom stereocenters. The Bertz CT molecular complexity index is 543. The van der Waals surface area contributed by atoms with Gasteiger partial charge in [-0.25, -0.2) is 9.78 Å². The summed E-state index contributed by atoms with van der Waals surface area (Å²) in [6.45, 7) is 0. The molecule has 5 heteroatoms. The number of phenolic OH excluding ortho intramolecular Hbond substituents is 1. The van der Waals surface area contributed by atoms with Crippen LogP contribution in [-0.2, 0) is 4.79 Å². The number of phenols is 1. The standard InChI is InChI=1S/C10H8N2O3/c13-8-4-6(1-2-9(14)15)3-7-10(8)12-5-11-7/h1-5,13H,(H,11,12)(H,14,15)/b2-1+. The van der Waals surface area contributed by atoms with Crippen LogP contribution in [0.3, 0.4) is 0 Å². The van der Waals surface area contributed by atoms with Gasteiger partial charge in [-0.05, 0) is 23.8 Å². The number of nitrogens with one attached hydrogen (secondary N) is 1. The van der Waals surface area contributed by atoms with Crippen molar-refractivity contribution in [3.8, 4) is 5.75 Å². The number of carboxylic acid groups (broad SMARTS) is 1. The van der Waals surface area contributed by atoms with Gasteiger partial charge in [0.15, 0.2) is 0 Å². The van der Waals surface area contributed by atoms with Crippen molar-refractivity contribution < 1.29 is 15.0 Å². The van der Waals surface area contributed by atoms with Crippen molar-refractivity contribution in [2.45, 2.75) is 0 Å². The summed E-state index contributed by atoms with van der Waals surface area (Å²) >= 11 is 0. The number of nitrogens with zero attached hydrogens (tertiary/aromatic N) is 1. The van der Waals surface area contributed by atoms with Crippen molar-refractivity contribution in [3.63, 3.8) is 0 Å². The van der Waals surface area contributed by atoms with Crippen LogP contribution in [0.5, 0.6) is 5.75 Å². The molecule has 15 heavy (non-hydrogen) atoms. The molecule has 5 nitrogen and oxygen atoms in total. The monoisotopic (exact) mass is 204 g/mol. The molecule has 0 aliphatic carbocycles. The highest BCUT2D eigenvalue weighted by molar-refractivity contribution is 5.88. The van der Waals surface area contributed by atoms with E-state index in [1.807, 2.05) is 0 Å². The fraction of sp³-hybridized carbons (Fsp3) is 0. The molecule has 76 valence electrons. The number of benzene rings is 1. The Hall–Kier alpha value is -2.30. The minimum absolute atomic E-state index is 0.0267. The van der Waals surface area contributed by atoms with Crippen molar-refractivity contribution in [3.05, 3.63) is 30.1 Å². The predicted molar refractivity (Wildman–Crippen MR) is 54.4 cm³/mol. The van der Waals surface area contributed by atoms with E-state index < -0.39 is 5.97 Å². The first kappa shape index (κ1) is 9.26. The van der Waals surface area contributed by atoms with Gasteiger partial charge in [0.2, 0.25) is 0 Å². The van der Waals surface area contributed by atoms with Gasteiger partial charge in [-0.1, -0.05) is 0 Å². The molecule has 0 spiro atoms. The van der Waals surface area contributed by atoms with Crippen LogP contribution >= 0.6 is 0 Å². The van der Waals surface area contributed by atoms with Crippen molar-refractivity contribution in [2.75, 3.05) is 0 Å². The SMILES string of the molecule is O=C(O)/C=C/c1cc(O)c2nc[nH]c2c1. The average Bonchev–Trinajstić information content (AvgIpc) is 2.63. The average molecular weight is 204 g/mol. The predicted octanol–water partition coefficient (Wildman–Crippen LogP) is 1.37. The van der Waals surface area contributed by atoms with Crippen LogP contribution in [0, 0.1) is 0 Å². The van der Waals surface area contributed by atoms with Gasteiger partial charge in [-0.3, -0.25) is 0 Å². The van der Waals surface area contributed by atoms with E-state index in [4.69, 9.17) is 5.11 Å². The summed E-state index contributed by atoms with van der Waals surface area (Å²) in [6, 6.07) is 3.17. The van der Waals surface area contributed by atoms with Crippen LogP contribution < -0.4 is 0 Å². The van der Waals surface area contributed by atoms with E-state index in [1.54, 1.807) is 6.07 Å². The van der Waals surface area contributed by atoms with Gasteiger partial charge in [0.25, 0.3) is 0 Å². The second-order valence-electron chi connectivity index (χ2n) is 3.01. The summed E-state index contributed by atoms with van der Waals surface area (Å²) in [7, 11) is 0. The third-order valence-electron chi connectivity index (χ3n) is 1.94. The molecule has 2 rings (SSSR count). The second kappa shape index (κ2) is 3.45. The van der Waals surface area contributed by atoms with Crippen LogP contribution in [-0.4, -0.2) is 26.2 Å². The first-order valence-electron chi connectivity index (χ1n) is 4.24. The largest absolute Gasteiger partial charge is 0.506 e. The number of carbonyl (C=O) groups is 1. The van der Waals surface area contributed by atoms with Gasteiger partial charge in [0.1, 0.15) is 11.3 Å². The molecule has 0 amide bonds. The zero-order valence-electron chi connectivity index (χ0n) is 7.64. The Morgan fingerprint density at radius 2 is 2.27 bits per heavy atom. The number of aliphatic carboxylic acids is 1. The molecule has 0 radical (unpaired) electrons. The fourth-order valence-electron chi connectivity index (χ4n) is 1.32. The van der Waals surface area contributed by atoms with E-state index in [0.29, 0.717) is 16.6 Å². The summed E-state index contributed by atoms with van der Waals surface area (Å²) in [5, 5.41) is 18.0. The summed E-state index contributed by atoms with van der Waals surface area (Å²) in [4.78, 5) is 17.0. The third-order valence-corrected chi connectivity index (χ3v) is 1.94. The maximum absolute atomic E-state index is 10.3. The molecule has 1 heterocycles. The zero-order valence-corrected chi connectivity index (χ0v) is 7.64. The van der Waals surface area contributed by atoms with Crippen LogP contribution in [0.2, 0.25) is 0 Å². The van der Waals surface area contributed by atoms with E-state index in [0.717, 1.165) is 6.08 Å². The van der Waals surface area contributed by atoms with Crippen molar-refractivity contribution in [1.82, 2.24) is 9.97 Å². The van der Waals surface area contributed by atoms with E-state index >= 15 is 0 Å². The molecule has 1 aromatic carbocycles. The number of imidazole rings is 1.